The summed E-state index contributed by atoms with van der Waals surface area (Å²) in [6, 6.07) is 10.7. The van der Waals surface area contributed by atoms with Crippen LogP contribution in [0.4, 0.5) is 11.6 Å². The Kier molecular flexibility index (Phi) is 3.51. The molecule has 0 amide bonds. The lowest BCUT2D eigenvalue weighted by molar-refractivity contribution is 0.487. The number of hydrogen-bond donors (Lipinski definition) is 0. The lowest BCUT2D eigenvalue weighted by Crippen LogP contribution is -2.59. The van der Waals surface area contributed by atoms with Gasteiger partial charge in [-0.1, -0.05) is 12.1 Å². The minimum absolute atomic E-state index is 0.416. The van der Waals surface area contributed by atoms with Gasteiger partial charge >= 0.3 is 0 Å². The minimum Gasteiger partial charge on any atom is -0.352 e. The van der Waals surface area contributed by atoms with Gasteiger partial charge in [0.2, 0.25) is 0 Å². The fraction of sp³-hybridized carbons (Fsp3) is 0.400. The first-order valence-electron chi connectivity index (χ1n) is 9.26. The summed E-state index contributed by atoms with van der Waals surface area (Å²) in [6.45, 7) is 3.92. The second-order valence-corrected chi connectivity index (χ2v) is 7.32. The van der Waals surface area contributed by atoms with Gasteiger partial charge in [0.1, 0.15) is 0 Å². The molecule has 1 aliphatic carbocycles. The van der Waals surface area contributed by atoms with Gasteiger partial charge in [-0.2, -0.15) is 5.10 Å². The summed E-state index contributed by atoms with van der Waals surface area (Å²) >= 11 is 0. The van der Waals surface area contributed by atoms with Crippen LogP contribution in [0.15, 0.2) is 30.3 Å². The van der Waals surface area contributed by atoms with Gasteiger partial charge in [-0.3, -0.25) is 0 Å². The van der Waals surface area contributed by atoms with Crippen LogP contribution in [0.2, 0.25) is 0 Å². The lowest BCUT2D eigenvalue weighted by Gasteiger charge is -2.45. The highest BCUT2D eigenvalue weighted by molar-refractivity contribution is 5.76. The Morgan fingerprint density at radius 1 is 1.04 bits per heavy atom. The molecule has 2 aromatic heterocycles. The molecule has 3 heterocycles. The number of aryl methyl sites for hydroxylation is 3. The fourth-order valence-electron chi connectivity index (χ4n) is 3.94. The Hall–Kier alpha value is -2.76. The number of rotatable bonds is 3. The van der Waals surface area contributed by atoms with E-state index in [1.807, 2.05) is 31.2 Å². The van der Waals surface area contributed by atoms with Crippen LogP contribution in [0.25, 0.3) is 11.0 Å². The molecule has 1 saturated heterocycles. The summed E-state index contributed by atoms with van der Waals surface area (Å²) < 4.78 is 0. The third-order valence-corrected chi connectivity index (χ3v) is 5.59. The highest BCUT2D eigenvalue weighted by atomic mass is 15.4. The maximum atomic E-state index is 4.84. The van der Waals surface area contributed by atoms with Crippen molar-refractivity contribution in [1.82, 2.24) is 20.2 Å². The van der Waals surface area contributed by atoms with Crippen LogP contribution < -0.4 is 9.80 Å². The molecule has 1 fully saturated rings. The normalized spacial score (nSPS) is 16.6. The van der Waals surface area contributed by atoms with E-state index < -0.39 is 0 Å². The van der Waals surface area contributed by atoms with Crippen molar-refractivity contribution in [2.75, 3.05) is 29.9 Å². The van der Waals surface area contributed by atoms with E-state index in [1.54, 1.807) is 0 Å². The van der Waals surface area contributed by atoms with Crippen molar-refractivity contribution < 1.29 is 0 Å². The predicted molar refractivity (Wildman–Crippen MR) is 103 cm³/mol. The van der Waals surface area contributed by atoms with Crippen LogP contribution in [-0.2, 0) is 12.8 Å². The highest BCUT2D eigenvalue weighted by Crippen LogP contribution is 2.28. The minimum atomic E-state index is 0.416. The maximum absolute atomic E-state index is 4.84. The Labute approximate surface area is 152 Å². The number of anilines is 2. The number of benzene rings is 1. The molecule has 0 spiro atoms. The van der Waals surface area contributed by atoms with E-state index >= 15 is 0 Å². The summed E-state index contributed by atoms with van der Waals surface area (Å²) in [5.74, 6) is 1.98. The average molecular weight is 346 g/mol. The Balaban J connectivity index is 1.34. The molecule has 0 atom stereocenters. The number of aromatic nitrogens is 4. The zero-order chi connectivity index (χ0) is 17.7. The summed E-state index contributed by atoms with van der Waals surface area (Å²) in [5, 5.41) is 8.84. The second-order valence-electron chi connectivity index (χ2n) is 7.32. The molecule has 0 bridgehead atoms. The van der Waals surface area contributed by atoms with Gasteiger partial charge in [0.05, 0.1) is 28.5 Å². The van der Waals surface area contributed by atoms with Crippen molar-refractivity contribution in [3.05, 3.63) is 47.3 Å². The molecule has 26 heavy (non-hydrogen) atoms. The van der Waals surface area contributed by atoms with Crippen LogP contribution >= 0.6 is 0 Å². The molecular formula is C20H22N6. The third kappa shape index (κ3) is 2.48. The first-order chi connectivity index (χ1) is 12.7. The number of fused-ring (bicyclic) bond motifs is 2. The Bertz CT molecular complexity index is 979. The van der Waals surface area contributed by atoms with Gasteiger partial charge in [0.25, 0.3) is 0 Å². The molecule has 3 aromatic rings. The average Bonchev–Trinajstić information content (AvgIpc) is 3.07. The van der Waals surface area contributed by atoms with Crippen LogP contribution in [0.1, 0.15) is 23.4 Å². The van der Waals surface area contributed by atoms with Crippen LogP contribution in [-0.4, -0.2) is 46.3 Å². The van der Waals surface area contributed by atoms with Crippen molar-refractivity contribution >= 4 is 22.7 Å². The number of likely N-dealkylation sites (N-methyl/N-ethyl adjacent to an activating group) is 1. The molecule has 0 unspecified atom stereocenters. The molecule has 0 N–H and O–H groups in total. The van der Waals surface area contributed by atoms with E-state index in [1.165, 1.54) is 17.7 Å². The SMILES string of the molecule is Cc1nc2ccccc2nc1N(C)C1CN(c2cc3c(nn2)CCC3)C1. The fourth-order valence-corrected chi connectivity index (χ4v) is 3.94. The molecular weight excluding hydrogens is 324 g/mol. The standard InChI is InChI=1S/C20H22N6/c1-13-20(22-18-8-4-3-7-17(18)21-13)25(2)15-11-26(12-15)19-10-14-6-5-9-16(14)23-24-19/h3-4,7-8,10,15H,5-6,9,11-12H2,1-2H3. The molecule has 6 nitrogen and oxygen atoms in total. The Morgan fingerprint density at radius 3 is 2.62 bits per heavy atom. The van der Waals surface area contributed by atoms with Gasteiger partial charge in [-0.25, -0.2) is 9.97 Å². The monoisotopic (exact) mass is 346 g/mol. The number of hydrogen-bond acceptors (Lipinski definition) is 6. The van der Waals surface area contributed by atoms with Crippen molar-refractivity contribution in [3.63, 3.8) is 0 Å². The molecule has 2 aliphatic rings. The van der Waals surface area contributed by atoms with Crippen molar-refractivity contribution in [3.8, 4) is 0 Å². The predicted octanol–water partition coefficient (Wildman–Crippen LogP) is 2.54. The summed E-state index contributed by atoms with van der Waals surface area (Å²) in [7, 11) is 2.11. The van der Waals surface area contributed by atoms with Gasteiger partial charge < -0.3 is 9.80 Å². The maximum Gasteiger partial charge on any atom is 0.151 e. The van der Waals surface area contributed by atoms with Gasteiger partial charge in [-0.15, -0.1) is 5.10 Å². The molecule has 1 aliphatic heterocycles. The smallest absolute Gasteiger partial charge is 0.151 e. The zero-order valence-electron chi connectivity index (χ0n) is 15.2. The van der Waals surface area contributed by atoms with Crippen molar-refractivity contribution in [2.45, 2.75) is 32.2 Å². The van der Waals surface area contributed by atoms with Crippen molar-refractivity contribution in [1.29, 1.82) is 0 Å². The largest absolute Gasteiger partial charge is 0.352 e. The number of nitrogens with zero attached hydrogens (tertiary/aromatic N) is 6. The lowest BCUT2D eigenvalue weighted by atomic mass is 10.1. The highest BCUT2D eigenvalue weighted by Gasteiger charge is 2.33. The van der Waals surface area contributed by atoms with Crippen LogP contribution in [0.5, 0.6) is 0 Å². The van der Waals surface area contributed by atoms with Gasteiger partial charge in [-0.05, 0) is 49.9 Å². The molecule has 6 heteroatoms. The molecule has 0 radical (unpaired) electrons. The van der Waals surface area contributed by atoms with E-state index in [-0.39, 0.29) is 0 Å². The zero-order valence-corrected chi connectivity index (χ0v) is 15.2. The molecule has 5 rings (SSSR count). The summed E-state index contributed by atoms with van der Waals surface area (Å²) in [5.41, 5.74) is 5.43. The first-order valence-corrected chi connectivity index (χ1v) is 9.26. The van der Waals surface area contributed by atoms with E-state index in [9.17, 15) is 0 Å². The van der Waals surface area contributed by atoms with Gasteiger partial charge in [0, 0.05) is 20.1 Å². The molecule has 1 aromatic carbocycles. The van der Waals surface area contributed by atoms with Gasteiger partial charge in [0.15, 0.2) is 11.6 Å². The first kappa shape index (κ1) is 15.5. The van der Waals surface area contributed by atoms with Crippen molar-refractivity contribution in [2.24, 2.45) is 0 Å². The van der Waals surface area contributed by atoms with E-state index in [0.29, 0.717) is 6.04 Å². The molecule has 0 saturated carbocycles. The van der Waals surface area contributed by atoms with Crippen LogP contribution in [0.3, 0.4) is 0 Å². The number of para-hydroxylation sites is 2. The summed E-state index contributed by atoms with van der Waals surface area (Å²) in [4.78, 5) is 14.1. The Morgan fingerprint density at radius 2 is 1.81 bits per heavy atom. The van der Waals surface area contributed by atoms with E-state index in [0.717, 1.165) is 54.3 Å². The molecule has 132 valence electrons. The summed E-state index contributed by atoms with van der Waals surface area (Å²) in [6.07, 6.45) is 3.42. The topological polar surface area (TPSA) is 58.0 Å². The quantitative estimate of drug-likeness (QED) is 0.726. The van der Waals surface area contributed by atoms with E-state index in [2.05, 4.69) is 33.1 Å². The second kappa shape index (κ2) is 5.90. The van der Waals surface area contributed by atoms with Crippen LogP contribution in [0, 0.1) is 6.92 Å². The third-order valence-electron chi connectivity index (χ3n) is 5.59. The van der Waals surface area contributed by atoms with E-state index in [4.69, 9.17) is 9.97 Å².